The summed E-state index contributed by atoms with van der Waals surface area (Å²) in [4.78, 5) is 0. The van der Waals surface area contributed by atoms with Crippen LogP contribution in [0.1, 0.15) is 102 Å². The molecule has 0 unspecified atom stereocenters. The van der Waals surface area contributed by atoms with Crippen LogP contribution in [0.4, 0.5) is 0 Å². The molecule has 25 heavy (non-hydrogen) atoms. The van der Waals surface area contributed by atoms with E-state index in [2.05, 4.69) is 17.6 Å². The summed E-state index contributed by atoms with van der Waals surface area (Å²) in [5, 5.41) is 8.78. The monoisotopic (exact) mass is 456 g/mol. The third kappa shape index (κ3) is 14.2. The Hall–Kier alpha value is -0.630. The lowest BCUT2D eigenvalue weighted by Crippen LogP contribution is -3.00. The van der Waals surface area contributed by atoms with E-state index >= 15 is 0 Å². The van der Waals surface area contributed by atoms with Gasteiger partial charge >= 0.3 is 0 Å². The highest BCUT2D eigenvalue weighted by molar-refractivity contribution is 5.23. The number of unbranched alkanes of at least 4 members (excludes halogenated alkanes) is 13. The molecule has 1 aromatic rings. The minimum Gasteiger partial charge on any atom is -1.00 e. The molecule has 0 radical (unpaired) electrons. The molecule has 142 valence electrons. The Morgan fingerprint density at radius 1 is 0.720 bits per heavy atom. The van der Waals surface area contributed by atoms with Gasteiger partial charge in [0.1, 0.15) is 6.54 Å². The Kier molecular flexibility index (Phi) is 17.7. The fraction of sp³-hybridized carbons (Fsp3) is 0.727. The summed E-state index contributed by atoms with van der Waals surface area (Å²) >= 11 is 0. The summed E-state index contributed by atoms with van der Waals surface area (Å²) in [7, 11) is 0. The largest absolute Gasteiger partial charge is 1.00 e. The summed E-state index contributed by atoms with van der Waals surface area (Å²) in [5.41, 5.74) is 0.743. The van der Waals surface area contributed by atoms with E-state index in [9.17, 15) is 0 Å². The maximum atomic E-state index is 8.78. The van der Waals surface area contributed by atoms with Gasteiger partial charge in [0, 0.05) is 18.6 Å². The maximum Gasteiger partial charge on any atom is 0.170 e. The lowest BCUT2D eigenvalue weighted by molar-refractivity contribution is -0.697. The van der Waals surface area contributed by atoms with Crippen LogP contribution < -0.4 is 28.5 Å². The van der Waals surface area contributed by atoms with Crippen LogP contribution in [0.15, 0.2) is 24.5 Å². The topological polar surface area (TPSA) is 27.7 Å². The van der Waals surface area contributed by atoms with Crippen molar-refractivity contribution in [2.24, 2.45) is 0 Å². The van der Waals surface area contributed by atoms with E-state index < -0.39 is 0 Å². The average molecular weight is 456 g/mol. The van der Waals surface area contributed by atoms with E-state index in [0.29, 0.717) is 0 Å². The van der Waals surface area contributed by atoms with Gasteiger partial charge in [0.15, 0.2) is 12.4 Å². The van der Waals surface area contributed by atoms with E-state index in [1.165, 1.54) is 89.9 Å². The zero-order valence-corrected chi connectivity index (χ0v) is 18.3. The quantitative estimate of drug-likeness (QED) is 0.226. The minimum atomic E-state index is 0. The van der Waals surface area contributed by atoms with Crippen molar-refractivity contribution < 1.29 is 28.5 Å². The molecule has 1 rings (SSSR count). The SMILES string of the molecule is CCCCCCCCCCCCCCCC[n+]1ccc(C#N)cc1.[I-]. The van der Waals surface area contributed by atoms with Crippen LogP contribution in [0.25, 0.3) is 0 Å². The van der Waals surface area contributed by atoms with E-state index in [0.717, 1.165) is 12.1 Å². The summed E-state index contributed by atoms with van der Waals surface area (Å²) in [6, 6.07) is 5.95. The van der Waals surface area contributed by atoms with Crippen molar-refractivity contribution in [1.29, 1.82) is 5.26 Å². The van der Waals surface area contributed by atoms with Gasteiger partial charge in [-0.3, -0.25) is 0 Å². The van der Waals surface area contributed by atoms with E-state index in [1.54, 1.807) is 0 Å². The molecule has 0 fully saturated rings. The van der Waals surface area contributed by atoms with Gasteiger partial charge in [-0.15, -0.1) is 0 Å². The summed E-state index contributed by atoms with van der Waals surface area (Å²) in [6.45, 7) is 3.36. The summed E-state index contributed by atoms with van der Waals surface area (Å²) in [5.74, 6) is 0. The Balaban J connectivity index is 0.00000576. The number of rotatable bonds is 15. The Bertz CT molecular complexity index is 436. The van der Waals surface area contributed by atoms with Crippen LogP contribution in [-0.4, -0.2) is 0 Å². The second-order valence-corrected chi connectivity index (χ2v) is 7.03. The van der Waals surface area contributed by atoms with Crippen molar-refractivity contribution in [3.05, 3.63) is 30.1 Å². The molecule has 0 aliphatic rings. The number of nitriles is 1. The molecule has 2 nitrogen and oxygen atoms in total. The number of hydrogen-bond acceptors (Lipinski definition) is 1. The number of aryl methyl sites for hydroxylation is 1. The molecule has 3 heteroatoms. The molecule has 0 bridgehead atoms. The molecule has 0 aliphatic heterocycles. The first-order valence-electron chi connectivity index (χ1n) is 10.3. The van der Waals surface area contributed by atoms with Crippen molar-refractivity contribution >= 4 is 0 Å². The number of halogens is 1. The number of hydrogen-bond donors (Lipinski definition) is 0. The van der Waals surface area contributed by atoms with E-state index in [1.807, 2.05) is 24.5 Å². The van der Waals surface area contributed by atoms with Crippen molar-refractivity contribution in [1.82, 2.24) is 0 Å². The number of nitrogens with zero attached hydrogens (tertiary/aromatic N) is 2. The molecular weight excluding hydrogens is 419 g/mol. The van der Waals surface area contributed by atoms with Crippen molar-refractivity contribution in [2.45, 2.75) is 103 Å². The van der Waals surface area contributed by atoms with Gasteiger partial charge in [0.05, 0.1) is 11.6 Å². The molecule has 0 saturated heterocycles. The first-order chi connectivity index (χ1) is 11.9. The number of pyridine rings is 1. The number of aromatic nitrogens is 1. The second-order valence-electron chi connectivity index (χ2n) is 7.03. The highest BCUT2D eigenvalue weighted by Crippen LogP contribution is 2.12. The smallest absolute Gasteiger partial charge is 0.170 e. The standard InChI is InChI=1S/C22H37N2.HI/c1-2-3-4-5-6-7-8-9-10-11-12-13-14-15-18-24-19-16-22(21-23)17-20-24;/h16-17,19-20H,2-15,18H2,1H3;1H/q+1;/p-1. The zero-order chi connectivity index (χ0) is 17.3. The van der Waals surface area contributed by atoms with Crippen LogP contribution in [0.2, 0.25) is 0 Å². The lowest BCUT2D eigenvalue weighted by atomic mass is 10.0. The van der Waals surface area contributed by atoms with Gasteiger partial charge < -0.3 is 24.0 Å². The van der Waals surface area contributed by atoms with Crippen molar-refractivity contribution in [3.8, 4) is 6.07 Å². The van der Waals surface area contributed by atoms with Crippen LogP contribution in [-0.2, 0) is 6.54 Å². The third-order valence-corrected chi connectivity index (χ3v) is 4.79. The average Bonchev–Trinajstić information content (AvgIpc) is 2.62. The summed E-state index contributed by atoms with van der Waals surface area (Å²) in [6.07, 6.45) is 23.7. The lowest BCUT2D eigenvalue weighted by Gasteiger charge is -2.03. The van der Waals surface area contributed by atoms with Gasteiger partial charge in [-0.2, -0.15) is 5.26 Å². The fourth-order valence-electron chi connectivity index (χ4n) is 3.17. The van der Waals surface area contributed by atoms with E-state index in [-0.39, 0.29) is 24.0 Å². The highest BCUT2D eigenvalue weighted by Gasteiger charge is 2.00. The van der Waals surface area contributed by atoms with Gasteiger partial charge in [-0.1, -0.05) is 84.0 Å². The van der Waals surface area contributed by atoms with Crippen molar-refractivity contribution in [2.75, 3.05) is 0 Å². The van der Waals surface area contributed by atoms with Crippen LogP contribution in [0.3, 0.4) is 0 Å². The van der Waals surface area contributed by atoms with Crippen LogP contribution in [0, 0.1) is 11.3 Å². The molecule has 0 N–H and O–H groups in total. The molecule has 0 saturated carbocycles. The molecule has 0 aliphatic carbocycles. The Labute approximate surface area is 173 Å². The minimum absolute atomic E-state index is 0. The molecule has 0 amide bonds. The van der Waals surface area contributed by atoms with E-state index in [4.69, 9.17) is 5.26 Å². The first kappa shape index (κ1) is 24.4. The van der Waals surface area contributed by atoms with Gasteiger partial charge in [0.2, 0.25) is 0 Å². The normalized spacial score (nSPS) is 10.2. The highest BCUT2D eigenvalue weighted by atomic mass is 127. The predicted molar refractivity (Wildman–Crippen MR) is 102 cm³/mol. The molecule has 0 atom stereocenters. The Morgan fingerprint density at radius 3 is 1.52 bits per heavy atom. The molecule has 0 spiro atoms. The van der Waals surface area contributed by atoms with Crippen LogP contribution in [0.5, 0.6) is 0 Å². The summed E-state index contributed by atoms with van der Waals surface area (Å²) < 4.78 is 2.18. The molecule has 1 heterocycles. The maximum absolute atomic E-state index is 8.78. The predicted octanol–water partition coefficient (Wildman–Crippen LogP) is 3.33. The second kappa shape index (κ2) is 18.2. The first-order valence-corrected chi connectivity index (χ1v) is 10.3. The van der Waals surface area contributed by atoms with Gasteiger partial charge in [-0.25, -0.2) is 4.57 Å². The van der Waals surface area contributed by atoms with Gasteiger partial charge in [0.25, 0.3) is 0 Å². The Morgan fingerprint density at radius 2 is 1.12 bits per heavy atom. The fourth-order valence-corrected chi connectivity index (χ4v) is 3.17. The van der Waals surface area contributed by atoms with Crippen LogP contribution >= 0.6 is 0 Å². The third-order valence-electron chi connectivity index (χ3n) is 4.79. The zero-order valence-electron chi connectivity index (χ0n) is 16.2. The molecule has 0 aromatic carbocycles. The van der Waals surface area contributed by atoms with Crippen molar-refractivity contribution in [3.63, 3.8) is 0 Å². The van der Waals surface area contributed by atoms with Gasteiger partial charge in [-0.05, 0) is 6.42 Å². The molecule has 1 aromatic heterocycles. The molecular formula is C22H37IN2.